The van der Waals surface area contributed by atoms with Gasteiger partial charge in [0.2, 0.25) is 0 Å². The highest BCUT2D eigenvalue weighted by atomic mass is 35.5. The maximum absolute atomic E-state index is 6.49. The number of hydrogen-bond acceptors (Lipinski definition) is 3. The average molecular weight is 439 g/mol. The van der Waals surface area contributed by atoms with E-state index in [9.17, 15) is 0 Å². The van der Waals surface area contributed by atoms with Gasteiger partial charge in [0.05, 0.1) is 11.7 Å². The van der Waals surface area contributed by atoms with Crippen LogP contribution in [0.1, 0.15) is 58.4 Å². The van der Waals surface area contributed by atoms with Crippen LogP contribution in [0, 0.1) is 10.7 Å². The molecule has 0 bridgehead atoms. The Balaban J connectivity index is 1.69. The van der Waals surface area contributed by atoms with Gasteiger partial charge in [0.15, 0.2) is 10.6 Å². The molecule has 0 unspecified atom stereocenters. The van der Waals surface area contributed by atoms with E-state index in [-0.39, 0.29) is 6.04 Å². The number of nitrogens with zero attached hydrogens (tertiary/aromatic N) is 4. The van der Waals surface area contributed by atoms with Crippen LogP contribution in [-0.4, -0.2) is 31.8 Å². The van der Waals surface area contributed by atoms with Crippen LogP contribution in [0.15, 0.2) is 18.2 Å². The summed E-state index contributed by atoms with van der Waals surface area (Å²) in [5.74, 6) is 1.66. The molecule has 4 nitrogen and oxygen atoms in total. The molecule has 0 radical (unpaired) electrons. The molecule has 1 saturated heterocycles. The molecule has 2 fully saturated rings. The zero-order valence-electron chi connectivity index (χ0n) is 16.6. The van der Waals surface area contributed by atoms with Gasteiger partial charge in [0.1, 0.15) is 0 Å². The number of likely N-dealkylation sites (tertiary alicyclic amines) is 1. The molecule has 1 aromatic carbocycles. The van der Waals surface area contributed by atoms with Gasteiger partial charge in [-0.15, -0.1) is 0 Å². The third-order valence-electron chi connectivity index (χ3n) is 6.23. The fraction of sp³-hybridized carbons (Fsp3) is 0.619. The van der Waals surface area contributed by atoms with Crippen LogP contribution < -0.4 is 0 Å². The summed E-state index contributed by atoms with van der Waals surface area (Å²) in [6.45, 7) is 6.16. The quantitative estimate of drug-likeness (QED) is 0.503. The van der Waals surface area contributed by atoms with Crippen molar-refractivity contribution in [2.75, 3.05) is 6.54 Å². The Morgan fingerprint density at radius 3 is 2.64 bits per heavy atom. The summed E-state index contributed by atoms with van der Waals surface area (Å²) >= 11 is 18.4. The van der Waals surface area contributed by atoms with Crippen molar-refractivity contribution in [2.45, 2.75) is 71.1 Å². The minimum atomic E-state index is 0.201. The lowest BCUT2D eigenvalue weighted by Gasteiger charge is -2.43. The highest BCUT2D eigenvalue weighted by molar-refractivity contribution is 7.71. The highest BCUT2D eigenvalue weighted by Gasteiger charge is 2.33. The highest BCUT2D eigenvalue weighted by Crippen LogP contribution is 2.36. The maximum Gasteiger partial charge on any atom is 0.199 e. The monoisotopic (exact) mass is 438 g/mol. The Kier molecular flexibility index (Phi) is 6.17. The van der Waals surface area contributed by atoms with Crippen LogP contribution in [0.2, 0.25) is 10.0 Å². The first-order valence-corrected chi connectivity index (χ1v) is 11.5. The van der Waals surface area contributed by atoms with Crippen molar-refractivity contribution < 1.29 is 0 Å². The molecular formula is C21H28Cl2N4S. The van der Waals surface area contributed by atoms with Gasteiger partial charge in [-0.1, -0.05) is 36.0 Å². The average Bonchev–Trinajstić information content (AvgIpc) is 2.98. The third kappa shape index (κ3) is 3.91. The van der Waals surface area contributed by atoms with Gasteiger partial charge in [0, 0.05) is 29.2 Å². The van der Waals surface area contributed by atoms with Gasteiger partial charge in [-0.25, -0.2) is 4.68 Å². The van der Waals surface area contributed by atoms with E-state index in [2.05, 4.69) is 23.3 Å². The molecule has 0 spiro atoms. The summed E-state index contributed by atoms with van der Waals surface area (Å²) < 4.78 is 4.85. The largest absolute Gasteiger partial charge is 0.297 e. The summed E-state index contributed by atoms with van der Waals surface area (Å²) in [6.07, 6.45) is 8.05. The molecular weight excluding hydrogens is 411 g/mol. The second-order valence-electron chi connectivity index (χ2n) is 8.40. The molecule has 2 aliphatic rings. The van der Waals surface area contributed by atoms with E-state index >= 15 is 0 Å². The zero-order valence-corrected chi connectivity index (χ0v) is 18.9. The van der Waals surface area contributed by atoms with E-state index < -0.39 is 0 Å². The maximum atomic E-state index is 6.49. The summed E-state index contributed by atoms with van der Waals surface area (Å²) in [5.41, 5.74) is 0.874. The van der Waals surface area contributed by atoms with Gasteiger partial charge < -0.3 is 0 Å². The normalized spacial score (nSPS) is 23.2. The van der Waals surface area contributed by atoms with Crippen molar-refractivity contribution in [3.8, 4) is 11.4 Å². The minimum absolute atomic E-state index is 0.201. The molecule has 4 rings (SSSR count). The Morgan fingerprint density at radius 1 is 1.14 bits per heavy atom. The van der Waals surface area contributed by atoms with Crippen LogP contribution >= 0.6 is 35.4 Å². The molecule has 0 N–H and O–H groups in total. The van der Waals surface area contributed by atoms with Gasteiger partial charge in [-0.3, -0.25) is 9.47 Å². The molecule has 7 heteroatoms. The van der Waals surface area contributed by atoms with Crippen molar-refractivity contribution in [3.63, 3.8) is 0 Å². The van der Waals surface area contributed by atoms with Gasteiger partial charge in [0.25, 0.3) is 0 Å². The molecule has 1 saturated carbocycles. The molecule has 0 amide bonds. The topological polar surface area (TPSA) is 26.0 Å². The molecule has 1 aliphatic carbocycles. The van der Waals surface area contributed by atoms with Crippen LogP contribution in [0.3, 0.4) is 0 Å². The van der Waals surface area contributed by atoms with E-state index in [0.717, 1.165) is 35.3 Å². The lowest BCUT2D eigenvalue weighted by molar-refractivity contribution is 0.0323. The fourth-order valence-electron chi connectivity index (χ4n) is 4.91. The number of benzene rings is 1. The van der Waals surface area contributed by atoms with E-state index in [4.69, 9.17) is 40.5 Å². The second-order valence-corrected chi connectivity index (χ2v) is 9.61. The lowest BCUT2D eigenvalue weighted by atomic mass is 9.78. The molecule has 152 valence electrons. The first kappa shape index (κ1) is 20.4. The molecule has 2 aromatic rings. The Morgan fingerprint density at radius 2 is 1.89 bits per heavy atom. The van der Waals surface area contributed by atoms with Crippen LogP contribution in [-0.2, 0) is 6.67 Å². The Labute approximate surface area is 182 Å². The van der Waals surface area contributed by atoms with E-state index in [1.54, 1.807) is 6.07 Å². The second kappa shape index (κ2) is 8.47. The number of piperidine rings is 1. The third-order valence-corrected chi connectivity index (χ3v) is 7.19. The van der Waals surface area contributed by atoms with Crippen molar-refractivity contribution in [1.82, 2.24) is 19.2 Å². The fourth-order valence-corrected chi connectivity index (χ4v) is 5.80. The predicted octanol–water partition coefficient (Wildman–Crippen LogP) is 6.58. The van der Waals surface area contributed by atoms with Crippen molar-refractivity contribution in [2.24, 2.45) is 5.92 Å². The first-order chi connectivity index (χ1) is 13.5. The van der Waals surface area contributed by atoms with Crippen molar-refractivity contribution in [1.29, 1.82) is 0 Å². The predicted molar refractivity (Wildman–Crippen MR) is 119 cm³/mol. The number of aromatic nitrogens is 3. The van der Waals surface area contributed by atoms with Gasteiger partial charge in [-0.05, 0) is 75.9 Å². The standard InChI is InChI=1S/C21H28Cl2N4S/c1-14(2)27-20(17-10-9-16(22)12-18(17)23)24-26(21(27)28)13-25-11-5-7-15-6-3-4-8-19(15)25/h9-10,12,14-15,19H,3-8,11,13H2,1-2H3/t15-,19-/m1/s1. The molecule has 2 atom stereocenters. The summed E-state index contributed by atoms with van der Waals surface area (Å²) in [4.78, 5) is 2.61. The summed E-state index contributed by atoms with van der Waals surface area (Å²) in [7, 11) is 0. The molecule has 1 aliphatic heterocycles. The van der Waals surface area contributed by atoms with Crippen LogP contribution in [0.25, 0.3) is 11.4 Å². The smallest absolute Gasteiger partial charge is 0.199 e. The molecule has 2 heterocycles. The van der Waals surface area contributed by atoms with E-state index in [1.807, 2.05) is 16.8 Å². The van der Waals surface area contributed by atoms with Crippen molar-refractivity contribution in [3.05, 3.63) is 33.0 Å². The summed E-state index contributed by atoms with van der Waals surface area (Å²) in [6, 6.07) is 6.43. The van der Waals surface area contributed by atoms with Crippen LogP contribution in [0.4, 0.5) is 0 Å². The van der Waals surface area contributed by atoms with Crippen LogP contribution in [0.5, 0.6) is 0 Å². The SMILES string of the molecule is CC(C)n1c(-c2ccc(Cl)cc2Cl)nn(CN2CCC[C@H]3CCCC[C@H]32)c1=S. The zero-order chi connectivity index (χ0) is 19.8. The Bertz CT molecular complexity index is 902. The first-order valence-electron chi connectivity index (χ1n) is 10.3. The minimum Gasteiger partial charge on any atom is -0.297 e. The van der Waals surface area contributed by atoms with Crippen molar-refractivity contribution >= 4 is 35.4 Å². The molecule has 28 heavy (non-hydrogen) atoms. The lowest BCUT2D eigenvalue weighted by Crippen LogP contribution is -2.47. The Hall–Kier alpha value is -0.880. The molecule has 1 aromatic heterocycles. The number of fused-ring (bicyclic) bond motifs is 1. The number of rotatable bonds is 4. The summed E-state index contributed by atoms with van der Waals surface area (Å²) in [5, 5.41) is 6.16. The number of hydrogen-bond donors (Lipinski definition) is 0. The van der Waals surface area contributed by atoms with E-state index in [1.165, 1.54) is 38.5 Å². The van der Waals surface area contributed by atoms with Gasteiger partial charge >= 0.3 is 0 Å². The van der Waals surface area contributed by atoms with Gasteiger partial charge in [-0.2, -0.15) is 5.10 Å². The number of halogens is 2. The van der Waals surface area contributed by atoms with E-state index in [0.29, 0.717) is 16.1 Å².